The third-order valence-electron chi connectivity index (χ3n) is 9.33. The van der Waals surface area contributed by atoms with E-state index in [1.807, 2.05) is 92.6 Å². The van der Waals surface area contributed by atoms with Gasteiger partial charge in [-0.15, -0.1) is 0 Å². The fraction of sp³-hybridized carbons (Fsp3) is 0.300. The highest BCUT2D eigenvalue weighted by molar-refractivity contribution is 7.99. The normalized spacial score (nSPS) is 15.3. The SMILES string of the molecule is CN(C)c1ccc2c(c1)Sc1cc(N(C)C)ccc1N2C(=O)OCc1ccc(C(=O)[C@@H]2CCCN2C(=O)CNC(=O)[C@@H](N)Cc2ccccc2)cc1. The van der Waals surface area contributed by atoms with Crippen LogP contribution < -0.4 is 25.8 Å². The summed E-state index contributed by atoms with van der Waals surface area (Å²) in [5, 5.41) is 2.64. The molecular weight excluding hydrogens is 677 g/mol. The number of nitrogens with zero attached hydrogens (tertiary/aromatic N) is 4. The summed E-state index contributed by atoms with van der Waals surface area (Å²) in [5.74, 6) is -0.912. The van der Waals surface area contributed by atoms with Crippen molar-refractivity contribution in [1.29, 1.82) is 0 Å². The van der Waals surface area contributed by atoms with Crippen LogP contribution in [0.3, 0.4) is 0 Å². The molecule has 2 atom stereocenters. The Hall–Kier alpha value is -5.33. The Morgan fingerprint density at radius 2 is 1.46 bits per heavy atom. The number of Topliss-reactive ketones (excluding diaryl/α,β-unsaturated/α-hetero) is 1. The van der Waals surface area contributed by atoms with Crippen molar-refractivity contribution in [2.24, 2.45) is 5.73 Å². The minimum absolute atomic E-state index is 0.00726. The number of rotatable bonds is 11. The molecule has 0 aromatic heterocycles. The van der Waals surface area contributed by atoms with Gasteiger partial charge in [0.25, 0.3) is 0 Å². The average Bonchev–Trinajstić information content (AvgIpc) is 3.65. The van der Waals surface area contributed by atoms with Crippen molar-refractivity contribution in [3.8, 4) is 0 Å². The highest BCUT2D eigenvalue weighted by Gasteiger charge is 2.35. The summed E-state index contributed by atoms with van der Waals surface area (Å²) in [6.45, 7) is 0.213. The molecule has 12 heteroatoms. The van der Waals surface area contributed by atoms with E-state index in [2.05, 4.69) is 17.4 Å². The second-order valence-electron chi connectivity index (χ2n) is 13.4. The zero-order chi connectivity index (χ0) is 36.9. The van der Waals surface area contributed by atoms with Gasteiger partial charge >= 0.3 is 6.09 Å². The number of hydrogen-bond acceptors (Lipinski definition) is 9. The number of carbonyl (C=O) groups excluding carboxylic acids is 4. The van der Waals surface area contributed by atoms with E-state index in [-0.39, 0.29) is 24.8 Å². The standard InChI is InChI=1S/C40H44N6O5S/c1-43(2)29-16-18-32-35(22-29)52-36-23-30(44(3)4)17-19-33(36)46(32)40(50)51-25-27-12-14-28(15-13-27)38(48)34-11-8-20-45(34)37(47)24-42-39(49)31(41)21-26-9-6-5-7-10-26/h5-7,9-10,12-19,22-23,31,34H,8,11,20-21,24-25,41H2,1-4H3,(H,42,49)/t31-,34-/m0/s1. The lowest BCUT2D eigenvalue weighted by atomic mass is 10.0. The third kappa shape index (κ3) is 8.08. The first kappa shape index (κ1) is 36.5. The molecule has 0 radical (unpaired) electrons. The van der Waals surface area contributed by atoms with E-state index in [1.54, 1.807) is 40.9 Å². The smallest absolute Gasteiger partial charge is 0.419 e. The summed E-state index contributed by atoms with van der Waals surface area (Å²) in [4.78, 5) is 62.1. The minimum Gasteiger partial charge on any atom is -0.444 e. The molecule has 0 aliphatic carbocycles. The van der Waals surface area contributed by atoms with Crippen LogP contribution in [0.5, 0.6) is 0 Å². The van der Waals surface area contributed by atoms with Crippen molar-refractivity contribution in [2.45, 2.75) is 47.7 Å². The Balaban J connectivity index is 1.07. The lowest BCUT2D eigenvalue weighted by Crippen LogP contribution is -2.49. The first-order valence-corrected chi connectivity index (χ1v) is 18.1. The molecule has 0 spiro atoms. The highest BCUT2D eigenvalue weighted by atomic mass is 32.2. The number of ketones is 1. The quantitative estimate of drug-likeness (QED) is 0.190. The van der Waals surface area contributed by atoms with Gasteiger partial charge in [0.15, 0.2) is 5.78 Å². The largest absolute Gasteiger partial charge is 0.444 e. The van der Waals surface area contributed by atoms with Gasteiger partial charge in [0, 0.05) is 61.5 Å². The van der Waals surface area contributed by atoms with Gasteiger partial charge in [0.2, 0.25) is 11.8 Å². The van der Waals surface area contributed by atoms with Crippen LogP contribution in [0.1, 0.15) is 34.3 Å². The first-order chi connectivity index (χ1) is 25.0. The molecule has 270 valence electrons. The van der Waals surface area contributed by atoms with Crippen molar-refractivity contribution in [3.63, 3.8) is 0 Å². The van der Waals surface area contributed by atoms with Crippen molar-refractivity contribution in [1.82, 2.24) is 10.2 Å². The van der Waals surface area contributed by atoms with Crippen LogP contribution in [-0.2, 0) is 27.4 Å². The summed E-state index contributed by atoms with van der Waals surface area (Å²) in [7, 11) is 7.92. The molecule has 0 unspecified atom stereocenters. The van der Waals surface area contributed by atoms with Crippen LogP contribution in [0.2, 0.25) is 0 Å². The number of ether oxygens (including phenoxy) is 1. The molecule has 4 aromatic carbocycles. The Bertz CT molecular complexity index is 1890. The molecule has 2 heterocycles. The molecule has 0 saturated carbocycles. The third-order valence-corrected chi connectivity index (χ3v) is 10.4. The average molecular weight is 721 g/mol. The summed E-state index contributed by atoms with van der Waals surface area (Å²) >= 11 is 1.62. The molecule has 2 aliphatic heterocycles. The van der Waals surface area contributed by atoms with Gasteiger partial charge in [-0.1, -0.05) is 66.4 Å². The number of carbonyl (C=O) groups is 4. The molecule has 6 rings (SSSR count). The van der Waals surface area contributed by atoms with Crippen molar-refractivity contribution in [3.05, 3.63) is 108 Å². The summed E-state index contributed by atoms with van der Waals surface area (Å²) in [5.41, 5.74) is 11.7. The molecule has 4 aromatic rings. The number of amides is 3. The summed E-state index contributed by atoms with van der Waals surface area (Å²) in [6, 6.07) is 26.9. The molecule has 1 fully saturated rings. The van der Waals surface area contributed by atoms with Crippen LogP contribution in [-0.4, -0.2) is 82.0 Å². The number of hydrogen-bond donors (Lipinski definition) is 2. The predicted octanol–water partition coefficient (Wildman–Crippen LogP) is 5.62. The van der Waals surface area contributed by atoms with E-state index in [0.29, 0.717) is 31.4 Å². The fourth-order valence-electron chi connectivity index (χ4n) is 6.40. The zero-order valence-electron chi connectivity index (χ0n) is 29.9. The highest BCUT2D eigenvalue weighted by Crippen LogP contribution is 2.50. The van der Waals surface area contributed by atoms with Gasteiger partial charge in [-0.2, -0.15) is 0 Å². The van der Waals surface area contributed by atoms with E-state index < -0.39 is 24.1 Å². The molecule has 1 saturated heterocycles. The van der Waals surface area contributed by atoms with Gasteiger partial charge in [0.05, 0.1) is 30.0 Å². The molecule has 11 nitrogen and oxygen atoms in total. The van der Waals surface area contributed by atoms with E-state index in [1.165, 1.54) is 4.90 Å². The Kier molecular flexibility index (Phi) is 11.2. The Labute approximate surface area is 308 Å². The number of anilines is 4. The fourth-order valence-corrected chi connectivity index (χ4v) is 7.53. The second kappa shape index (κ2) is 15.9. The van der Waals surface area contributed by atoms with E-state index in [9.17, 15) is 19.2 Å². The predicted molar refractivity (Wildman–Crippen MR) is 205 cm³/mol. The van der Waals surface area contributed by atoms with E-state index in [4.69, 9.17) is 10.5 Å². The van der Waals surface area contributed by atoms with Crippen molar-refractivity contribution < 1.29 is 23.9 Å². The zero-order valence-corrected chi connectivity index (χ0v) is 30.7. The molecule has 2 aliphatic rings. The van der Waals surface area contributed by atoms with Crippen LogP contribution in [0.4, 0.5) is 27.5 Å². The van der Waals surface area contributed by atoms with E-state index in [0.717, 1.165) is 43.7 Å². The van der Waals surface area contributed by atoms with Crippen LogP contribution in [0, 0.1) is 0 Å². The van der Waals surface area contributed by atoms with Crippen LogP contribution >= 0.6 is 11.8 Å². The van der Waals surface area contributed by atoms with Gasteiger partial charge in [-0.3, -0.25) is 14.4 Å². The summed E-state index contributed by atoms with van der Waals surface area (Å²) < 4.78 is 5.86. The van der Waals surface area contributed by atoms with Crippen molar-refractivity contribution >= 4 is 58.2 Å². The van der Waals surface area contributed by atoms with Gasteiger partial charge in [0.1, 0.15) is 6.61 Å². The van der Waals surface area contributed by atoms with Crippen LogP contribution in [0.25, 0.3) is 0 Å². The van der Waals surface area contributed by atoms with Crippen molar-refractivity contribution in [2.75, 3.05) is 56.0 Å². The van der Waals surface area contributed by atoms with Gasteiger partial charge < -0.3 is 30.5 Å². The number of fused-ring (bicyclic) bond motifs is 2. The lowest BCUT2D eigenvalue weighted by Gasteiger charge is -2.32. The second-order valence-corrected chi connectivity index (χ2v) is 14.5. The van der Waals surface area contributed by atoms with Gasteiger partial charge in [-0.05, 0) is 66.8 Å². The maximum absolute atomic E-state index is 13.7. The molecule has 52 heavy (non-hydrogen) atoms. The molecule has 0 bridgehead atoms. The maximum Gasteiger partial charge on any atom is 0.419 e. The maximum atomic E-state index is 13.7. The van der Waals surface area contributed by atoms with Crippen LogP contribution in [0.15, 0.2) is 101 Å². The topological polar surface area (TPSA) is 129 Å². The number of likely N-dealkylation sites (tertiary alicyclic amines) is 1. The molecule has 3 amide bonds. The monoisotopic (exact) mass is 720 g/mol. The molecular formula is C40H44N6O5S. The molecule has 3 N–H and O–H groups in total. The Morgan fingerprint density at radius 1 is 0.846 bits per heavy atom. The number of nitrogens with two attached hydrogens (primary N) is 1. The Morgan fingerprint density at radius 3 is 2.06 bits per heavy atom. The van der Waals surface area contributed by atoms with Gasteiger partial charge in [-0.25, -0.2) is 9.69 Å². The minimum atomic E-state index is -0.790. The van der Waals surface area contributed by atoms with E-state index >= 15 is 0 Å². The lowest BCUT2D eigenvalue weighted by molar-refractivity contribution is -0.133. The number of benzene rings is 4. The number of nitrogens with one attached hydrogen (secondary N) is 1. The first-order valence-electron chi connectivity index (χ1n) is 17.3. The summed E-state index contributed by atoms with van der Waals surface area (Å²) in [6.07, 6.45) is 1.07.